The van der Waals surface area contributed by atoms with Gasteiger partial charge >= 0.3 is 0 Å². The van der Waals surface area contributed by atoms with Crippen LogP contribution in [0.5, 0.6) is 0 Å². The van der Waals surface area contributed by atoms with Gasteiger partial charge in [-0.3, -0.25) is 19.3 Å². The highest BCUT2D eigenvalue weighted by Gasteiger charge is 2.54. The minimum atomic E-state index is -1.53. The number of hydrogen-bond acceptors (Lipinski definition) is 5. The number of nitrogens with zero attached hydrogens (tertiary/aromatic N) is 3. The first-order valence-corrected chi connectivity index (χ1v) is 11.3. The van der Waals surface area contributed by atoms with E-state index in [2.05, 4.69) is 11.8 Å². The number of carbonyl (C=O) groups is 3. The quantitative estimate of drug-likeness (QED) is 0.514. The number of halogens is 1. The lowest BCUT2D eigenvalue weighted by molar-refractivity contribution is -0.143. The van der Waals surface area contributed by atoms with Crippen molar-refractivity contribution >= 4 is 17.7 Å². The average molecular weight is 448 g/mol. The molecule has 0 bridgehead atoms. The zero-order chi connectivity index (χ0) is 23.3. The number of imide groups is 1. The highest BCUT2D eigenvalue weighted by molar-refractivity contribution is 6.10. The number of amides is 3. The molecular weight excluding hydrogens is 413 g/mol. The van der Waals surface area contributed by atoms with Gasteiger partial charge in [-0.2, -0.15) is 0 Å². The van der Waals surface area contributed by atoms with E-state index >= 15 is 0 Å². The molecule has 0 aromatic heterocycles. The van der Waals surface area contributed by atoms with Gasteiger partial charge in [-0.15, -0.1) is 0 Å². The van der Waals surface area contributed by atoms with Gasteiger partial charge in [0.2, 0.25) is 17.7 Å². The molecule has 8 heteroatoms. The standard InChI is InChI=1S/C24H34FN3O4/c1-18(17-27-10-6-7-11-27)16-26(2)21(29)14-24(19-8-4-5-9-20(19)25)15-22(30)28(23(24)31)12-13-32-3/h4-5,8-9,18H,6-7,10-17H2,1-3H3/t18-,24+/m1/s1. The summed E-state index contributed by atoms with van der Waals surface area (Å²) in [5.74, 6) is -1.52. The van der Waals surface area contributed by atoms with Gasteiger partial charge < -0.3 is 14.5 Å². The van der Waals surface area contributed by atoms with Crippen LogP contribution in [0.3, 0.4) is 0 Å². The van der Waals surface area contributed by atoms with Crippen LogP contribution in [0.15, 0.2) is 24.3 Å². The predicted molar refractivity (Wildman–Crippen MR) is 118 cm³/mol. The summed E-state index contributed by atoms with van der Waals surface area (Å²) in [6.45, 7) is 6.01. The summed E-state index contributed by atoms with van der Waals surface area (Å²) in [6, 6.07) is 5.93. The normalized spacial score (nSPS) is 22.6. The lowest BCUT2D eigenvalue weighted by Crippen LogP contribution is -2.45. The molecule has 2 heterocycles. The molecule has 2 aliphatic heterocycles. The molecule has 3 rings (SSSR count). The van der Waals surface area contributed by atoms with Crippen LogP contribution in [-0.2, 0) is 24.5 Å². The van der Waals surface area contributed by atoms with Crippen LogP contribution in [0.25, 0.3) is 0 Å². The zero-order valence-electron chi connectivity index (χ0n) is 19.3. The van der Waals surface area contributed by atoms with Crippen LogP contribution in [0.4, 0.5) is 4.39 Å². The highest BCUT2D eigenvalue weighted by atomic mass is 19.1. The largest absolute Gasteiger partial charge is 0.383 e. The van der Waals surface area contributed by atoms with E-state index < -0.39 is 23.0 Å². The van der Waals surface area contributed by atoms with Gasteiger partial charge in [-0.25, -0.2) is 4.39 Å². The van der Waals surface area contributed by atoms with Crippen LogP contribution < -0.4 is 0 Å². The van der Waals surface area contributed by atoms with Gasteiger partial charge in [0.25, 0.3) is 0 Å². The number of hydrogen-bond donors (Lipinski definition) is 0. The minimum absolute atomic E-state index is 0.0846. The van der Waals surface area contributed by atoms with Gasteiger partial charge in [0.1, 0.15) is 5.82 Å². The summed E-state index contributed by atoms with van der Waals surface area (Å²) < 4.78 is 19.8. The average Bonchev–Trinajstić information content (AvgIpc) is 3.33. The summed E-state index contributed by atoms with van der Waals surface area (Å²) in [6.07, 6.45) is 1.96. The molecule has 2 saturated heterocycles. The molecule has 0 unspecified atom stereocenters. The predicted octanol–water partition coefficient (Wildman–Crippen LogP) is 2.05. The molecule has 32 heavy (non-hydrogen) atoms. The zero-order valence-corrected chi connectivity index (χ0v) is 19.3. The minimum Gasteiger partial charge on any atom is -0.383 e. The smallest absolute Gasteiger partial charge is 0.241 e. The van der Waals surface area contributed by atoms with Gasteiger partial charge in [0, 0.05) is 45.7 Å². The molecule has 0 aliphatic carbocycles. The van der Waals surface area contributed by atoms with Crippen molar-refractivity contribution in [1.29, 1.82) is 0 Å². The van der Waals surface area contributed by atoms with E-state index in [1.165, 1.54) is 38.2 Å². The van der Waals surface area contributed by atoms with E-state index in [9.17, 15) is 18.8 Å². The van der Waals surface area contributed by atoms with E-state index in [1.807, 2.05) is 0 Å². The SMILES string of the molecule is COCCN1C(=O)C[C@@](CC(=O)N(C)C[C@@H](C)CN2CCCC2)(c2ccccc2F)C1=O. The molecule has 2 atom stereocenters. The Kier molecular flexibility index (Phi) is 8.00. The number of likely N-dealkylation sites (tertiary alicyclic amines) is 2. The lowest BCUT2D eigenvalue weighted by Gasteiger charge is -2.31. The fourth-order valence-corrected chi connectivity index (χ4v) is 4.93. The van der Waals surface area contributed by atoms with Crippen molar-refractivity contribution in [3.63, 3.8) is 0 Å². The number of methoxy groups -OCH3 is 1. The molecule has 2 aliphatic rings. The van der Waals surface area contributed by atoms with Crippen molar-refractivity contribution in [1.82, 2.24) is 14.7 Å². The summed E-state index contributed by atoms with van der Waals surface area (Å²) in [5, 5.41) is 0. The Morgan fingerprint density at radius 2 is 1.94 bits per heavy atom. The fraction of sp³-hybridized carbons (Fsp3) is 0.625. The van der Waals surface area contributed by atoms with Crippen molar-refractivity contribution in [2.45, 2.75) is 38.0 Å². The van der Waals surface area contributed by atoms with E-state index in [0.29, 0.717) is 6.54 Å². The van der Waals surface area contributed by atoms with Crippen LogP contribution >= 0.6 is 0 Å². The molecule has 176 valence electrons. The lowest BCUT2D eigenvalue weighted by atomic mass is 9.75. The van der Waals surface area contributed by atoms with Gasteiger partial charge in [-0.1, -0.05) is 25.1 Å². The van der Waals surface area contributed by atoms with Crippen molar-refractivity contribution in [2.75, 3.05) is 53.5 Å². The maximum atomic E-state index is 14.8. The maximum Gasteiger partial charge on any atom is 0.241 e. The molecule has 0 radical (unpaired) electrons. The summed E-state index contributed by atoms with van der Waals surface area (Å²) >= 11 is 0. The van der Waals surface area contributed by atoms with Gasteiger partial charge in [0.05, 0.1) is 18.6 Å². The summed E-state index contributed by atoms with van der Waals surface area (Å²) in [7, 11) is 3.19. The number of ether oxygens (including phenoxy) is 1. The van der Waals surface area contributed by atoms with E-state index in [-0.39, 0.29) is 43.4 Å². The molecule has 1 aromatic rings. The first-order valence-electron chi connectivity index (χ1n) is 11.3. The van der Waals surface area contributed by atoms with E-state index in [0.717, 1.165) is 24.5 Å². The summed E-state index contributed by atoms with van der Waals surface area (Å²) in [4.78, 5) is 44.4. The van der Waals surface area contributed by atoms with Crippen LogP contribution in [0.2, 0.25) is 0 Å². The van der Waals surface area contributed by atoms with Crippen LogP contribution in [-0.4, -0.2) is 85.9 Å². The van der Waals surface area contributed by atoms with Crippen molar-refractivity contribution in [3.05, 3.63) is 35.6 Å². The Hall–Kier alpha value is -2.32. The molecule has 0 saturated carbocycles. The van der Waals surface area contributed by atoms with E-state index in [4.69, 9.17) is 4.74 Å². The second kappa shape index (κ2) is 10.5. The summed E-state index contributed by atoms with van der Waals surface area (Å²) in [5.41, 5.74) is -1.43. The number of carbonyl (C=O) groups excluding carboxylic acids is 3. The number of rotatable bonds is 10. The Bertz CT molecular complexity index is 842. The fourth-order valence-electron chi connectivity index (χ4n) is 4.93. The molecule has 3 amide bonds. The monoisotopic (exact) mass is 447 g/mol. The van der Waals surface area contributed by atoms with Crippen molar-refractivity contribution in [2.24, 2.45) is 5.92 Å². The molecule has 0 spiro atoms. The van der Waals surface area contributed by atoms with Crippen molar-refractivity contribution < 1.29 is 23.5 Å². The molecule has 0 N–H and O–H groups in total. The second-order valence-corrected chi connectivity index (χ2v) is 9.15. The third kappa shape index (κ3) is 5.18. The maximum absolute atomic E-state index is 14.8. The van der Waals surface area contributed by atoms with Gasteiger partial charge in [-0.05, 0) is 37.9 Å². The number of benzene rings is 1. The van der Waals surface area contributed by atoms with Crippen molar-refractivity contribution in [3.8, 4) is 0 Å². The molecular formula is C24H34FN3O4. The first-order chi connectivity index (χ1) is 15.3. The molecule has 2 fully saturated rings. The molecule has 1 aromatic carbocycles. The Morgan fingerprint density at radius 1 is 1.25 bits per heavy atom. The van der Waals surface area contributed by atoms with Gasteiger partial charge in [0.15, 0.2) is 0 Å². The third-order valence-electron chi connectivity index (χ3n) is 6.55. The highest BCUT2D eigenvalue weighted by Crippen LogP contribution is 2.41. The van der Waals surface area contributed by atoms with E-state index in [1.54, 1.807) is 18.0 Å². The van der Waals surface area contributed by atoms with Crippen LogP contribution in [0, 0.1) is 11.7 Å². The Morgan fingerprint density at radius 3 is 2.59 bits per heavy atom. The Balaban J connectivity index is 1.79. The Labute approximate surface area is 189 Å². The molecule has 7 nitrogen and oxygen atoms in total. The second-order valence-electron chi connectivity index (χ2n) is 9.15. The van der Waals surface area contributed by atoms with Crippen LogP contribution in [0.1, 0.15) is 38.2 Å². The topological polar surface area (TPSA) is 70.2 Å². The first kappa shape index (κ1) is 24.3. The third-order valence-corrected chi connectivity index (χ3v) is 6.55.